The number of anilines is 1. The Morgan fingerprint density at radius 2 is 1.81 bits per heavy atom. The predicted octanol–water partition coefficient (Wildman–Crippen LogP) is 0.911. The van der Waals surface area contributed by atoms with E-state index >= 15 is 0 Å². The minimum atomic E-state index is -3.45. The Labute approximate surface area is 160 Å². The number of nitrogens with zero attached hydrogens (tertiary/aromatic N) is 4. The zero-order chi connectivity index (χ0) is 20.2. The van der Waals surface area contributed by atoms with Crippen LogP contribution in [0, 0.1) is 25.2 Å². The van der Waals surface area contributed by atoms with E-state index < -0.39 is 10.2 Å². The molecule has 0 atom stereocenters. The molecule has 0 bridgehead atoms. The molecule has 0 aromatic carbocycles. The van der Waals surface area contributed by atoms with Gasteiger partial charge in [0.25, 0.3) is 10.2 Å². The third-order valence-electron chi connectivity index (χ3n) is 4.81. The Balaban J connectivity index is 1.92. The van der Waals surface area contributed by atoms with Crippen LogP contribution < -0.4 is 5.32 Å². The molecular formula is C17H27N5O4S. The fourth-order valence-corrected chi connectivity index (χ4v) is 4.65. The van der Waals surface area contributed by atoms with E-state index in [0.29, 0.717) is 56.2 Å². The van der Waals surface area contributed by atoms with E-state index in [9.17, 15) is 18.5 Å². The van der Waals surface area contributed by atoms with Crippen molar-refractivity contribution in [2.75, 3.05) is 51.1 Å². The van der Waals surface area contributed by atoms with Gasteiger partial charge in [0.05, 0.1) is 6.54 Å². The van der Waals surface area contributed by atoms with Crippen LogP contribution in [0.1, 0.15) is 30.7 Å². The SMILES string of the molecule is CCN(CC)S(=O)(=O)N1CCN(CC(=O)Nc2oc(C)c(C)c2C#N)CC1. The second-order valence-corrected chi connectivity index (χ2v) is 8.34. The molecule has 0 spiro atoms. The maximum absolute atomic E-state index is 12.5. The van der Waals surface area contributed by atoms with Crippen LogP contribution in [-0.2, 0) is 15.0 Å². The summed E-state index contributed by atoms with van der Waals surface area (Å²) in [5.74, 6) is 0.470. The quantitative estimate of drug-likeness (QED) is 0.732. The fraction of sp³-hybridized carbons (Fsp3) is 0.647. The fourth-order valence-electron chi connectivity index (χ4n) is 3.05. The summed E-state index contributed by atoms with van der Waals surface area (Å²) in [6.45, 7) is 9.74. The van der Waals surface area contributed by atoms with Crippen molar-refractivity contribution in [3.05, 3.63) is 16.9 Å². The zero-order valence-corrected chi connectivity index (χ0v) is 17.1. The molecule has 1 saturated heterocycles. The maximum Gasteiger partial charge on any atom is 0.282 e. The lowest BCUT2D eigenvalue weighted by molar-refractivity contribution is -0.117. The van der Waals surface area contributed by atoms with Crippen molar-refractivity contribution in [1.82, 2.24) is 13.5 Å². The molecule has 0 unspecified atom stereocenters. The molecule has 9 nitrogen and oxygen atoms in total. The lowest BCUT2D eigenvalue weighted by Crippen LogP contribution is -2.54. The molecule has 1 aromatic rings. The molecule has 0 aliphatic carbocycles. The summed E-state index contributed by atoms with van der Waals surface area (Å²) in [5.41, 5.74) is 1.04. The largest absolute Gasteiger partial charge is 0.444 e. The van der Waals surface area contributed by atoms with E-state index in [0.717, 1.165) is 0 Å². The number of piperazine rings is 1. The van der Waals surface area contributed by atoms with E-state index in [2.05, 4.69) is 5.32 Å². The molecule has 1 aliphatic heterocycles. The second-order valence-electron chi connectivity index (χ2n) is 6.41. The Morgan fingerprint density at radius 3 is 2.33 bits per heavy atom. The number of hydrogen-bond donors (Lipinski definition) is 1. The van der Waals surface area contributed by atoms with Gasteiger partial charge in [0.15, 0.2) is 0 Å². The molecular weight excluding hydrogens is 370 g/mol. The van der Waals surface area contributed by atoms with Crippen molar-refractivity contribution >= 4 is 22.0 Å². The van der Waals surface area contributed by atoms with Gasteiger partial charge in [-0.1, -0.05) is 13.8 Å². The molecule has 2 heterocycles. The summed E-state index contributed by atoms with van der Waals surface area (Å²) in [7, 11) is -3.45. The third-order valence-corrected chi connectivity index (χ3v) is 6.99. The van der Waals surface area contributed by atoms with Crippen LogP contribution in [0.5, 0.6) is 0 Å². The molecule has 2 rings (SSSR count). The van der Waals surface area contributed by atoms with Gasteiger partial charge in [0, 0.05) is 44.8 Å². The van der Waals surface area contributed by atoms with E-state index in [4.69, 9.17) is 4.42 Å². The van der Waals surface area contributed by atoms with E-state index in [1.165, 1.54) is 8.61 Å². The Bertz CT molecular complexity index is 815. The smallest absolute Gasteiger partial charge is 0.282 e. The Kier molecular flexibility index (Phi) is 7.00. The second kappa shape index (κ2) is 8.84. The van der Waals surface area contributed by atoms with Crippen molar-refractivity contribution in [2.45, 2.75) is 27.7 Å². The monoisotopic (exact) mass is 397 g/mol. The Hall–Kier alpha value is -1.93. The number of hydrogen-bond acceptors (Lipinski definition) is 6. The number of amides is 1. The zero-order valence-electron chi connectivity index (χ0n) is 16.3. The highest BCUT2D eigenvalue weighted by Gasteiger charge is 2.31. The van der Waals surface area contributed by atoms with Crippen LogP contribution in [0.4, 0.5) is 5.88 Å². The van der Waals surface area contributed by atoms with E-state index in [1.807, 2.05) is 24.8 Å². The van der Waals surface area contributed by atoms with E-state index in [1.54, 1.807) is 13.8 Å². The van der Waals surface area contributed by atoms with Crippen molar-refractivity contribution in [3.63, 3.8) is 0 Å². The molecule has 1 amide bonds. The average molecular weight is 398 g/mol. The summed E-state index contributed by atoms with van der Waals surface area (Å²) in [6, 6.07) is 2.04. The molecule has 1 N–H and O–H groups in total. The molecule has 150 valence electrons. The van der Waals surface area contributed by atoms with Crippen molar-refractivity contribution in [3.8, 4) is 6.07 Å². The highest BCUT2D eigenvalue weighted by atomic mass is 32.2. The first-order valence-electron chi connectivity index (χ1n) is 9.02. The summed E-state index contributed by atoms with van der Waals surface area (Å²) in [5, 5.41) is 11.8. The number of carbonyl (C=O) groups excluding carboxylic acids is 1. The van der Waals surface area contributed by atoms with Gasteiger partial charge < -0.3 is 4.42 Å². The van der Waals surface area contributed by atoms with Gasteiger partial charge >= 0.3 is 0 Å². The average Bonchev–Trinajstić information content (AvgIpc) is 2.89. The van der Waals surface area contributed by atoms with Gasteiger partial charge in [0.1, 0.15) is 17.4 Å². The minimum absolute atomic E-state index is 0.114. The van der Waals surface area contributed by atoms with Gasteiger partial charge in [-0.05, 0) is 13.8 Å². The first-order valence-corrected chi connectivity index (χ1v) is 10.4. The highest BCUT2D eigenvalue weighted by molar-refractivity contribution is 7.86. The van der Waals surface area contributed by atoms with Gasteiger partial charge in [-0.25, -0.2) is 0 Å². The van der Waals surface area contributed by atoms with Gasteiger partial charge in [-0.3, -0.25) is 15.0 Å². The van der Waals surface area contributed by atoms with Gasteiger partial charge in [0.2, 0.25) is 11.8 Å². The van der Waals surface area contributed by atoms with Gasteiger partial charge in [-0.15, -0.1) is 0 Å². The van der Waals surface area contributed by atoms with Crippen LogP contribution in [-0.4, -0.2) is 73.6 Å². The summed E-state index contributed by atoms with van der Waals surface area (Å²) in [6.07, 6.45) is 0. The lowest BCUT2D eigenvalue weighted by Gasteiger charge is -2.35. The lowest BCUT2D eigenvalue weighted by atomic mass is 10.2. The van der Waals surface area contributed by atoms with Crippen molar-refractivity contribution in [1.29, 1.82) is 5.26 Å². The molecule has 0 saturated carbocycles. The normalized spacial score (nSPS) is 16.4. The highest BCUT2D eigenvalue weighted by Crippen LogP contribution is 2.25. The number of aryl methyl sites for hydroxylation is 1. The van der Waals surface area contributed by atoms with Crippen molar-refractivity contribution < 1.29 is 17.6 Å². The summed E-state index contributed by atoms with van der Waals surface area (Å²) in [4.78, 5) is 14.2. The number of furan rings is 1. The third kappa shape index (κ3) is 4.68. The number of nitrogens with one attached hydrogen (secondary N) is 1. The van der Waals surface area contributed by atoms with Crippen LogP contribution in [0.15, 0.2) is 4.42 Å². The van der Waals surface area contributed by atoms with Gasteiger partial charge in [-0.2, -0.15) is 22.3 Å². The van der Waals surface area contributed by atoms with E-state index in [-0.39, 0.29) is 18.3 Å². The first kappa shape index (κ1) is 21.4. The van der Waals surface area contributed by atoms with Crippen LogP contribution in [0.25, 0.3) is 0 Å². The Morgan fingerprint density at radius 1 is 1.22 bits per heavy atom. The number of rotatable bonds is 7. The molecule has 1 aliphatic rings. The van der Waals surface area contributed by atoms with Crippen LogP contribution in [0.3, 0.4) is 0 Å². The number of carbonyl (C=O) groups is 1. The molecule has 1 fully saturated rings. The summed E-state index contributed by atoms with van der Waals surface area (Å²) < 4.78 is 33.4. The molecule has 0 radical (unpaired) electrons. The molecule has 1 aromatic heterocycles. The predicted molar refractivity (Wildman–Crippen MR) is 101 cm³/mol. The standard InChI is InChI=1S/C17H27N5O4S/c1-5-21(6-2)27(24,25)22-9-7-20(8-10-22)12-16(23)19-17-15(11-18)13(3)14(4)26-17/h5-10,12H2,1-4H3,(H,19,23). The molecule has 27 heavy (non-hydrogen) atoms. The maximum atomic E-state index is 12.5. The van der Waals surface area contributed by atoms with Crippen LogP contribution >= 0.6 is 0 Å². The molecule has 10 heteroatoms. The first-order chi connectivity index (χ1) is 12.7. The number of nitriles is 1. The summed E-state index contributed by atoms with van der Waals surface area (Å²) >= 11 is 0. The minimum Gasteiger partial charge on any atom is -0.444 e. The van der Waals surface area contributed by atoms with Crippen molar-refractivity contribution in [2.24, 2.45) is 0 Å². The topological polar surface area (TPSA) is 110 Å². The van der Waals surface area contributed by atoms with Crippen LogP contribution in [0.2, 0.25) is 0 Å².